The molecule has 1 aliphatic rings. The quantitative estimate of drug-likeness (QED) is 0.709. The van der Waals surface area contributed by atoms with Crippen LogP contribution in [-0.4, -0.2) is 26.6 Å². The zero-order valence-electron chi connectivity index (χ0n) is 16.3. The Labute approximate surface area is 169 Å². The van der Waals surface area contributed by atoms with Crippen LogP contribution in [0.15, 0.2) is 48.5 Å². The molecule has 2 aromatic carbocycles. The second-order valence-electron chi connectivity index (χ2n) is 7.20. The summed E-state index contributed by atoms with van der Waals surface area (Å²) in [6, 6.07) is 14.5. The number of hydrogen-bond acceptors (Lipinski definition) is 4. The van der Waals surface area contributed by atoms with Gasteiger partial charge in [-0.15, -0.1) is 10.2 Å². The monoisotopic (exact) mass is 389 g/mol. The molecule has 1 aliphatic heterocycles. The SMILES string of the molecule is CC(=O)Nc1cccc(C(=O)Nc2ccc(-c3nnc4n3CCCCC4)cc2)c1. The van der Waals surface area contributed by atoms with Crippen molar-refractivity contribution < 1.29 is 9.59 Å². The zero-order chi connectivity index (χ0) is 20.2. The molecular formula is C22H23N5O2. The normalized spacial score (nSPS) is 13.3. The summed E-state index contributed by atoms with van der Waals surface area (Å²) in [5.74, 6) is 1.52. The van der Waals surface area contributed by atoms with Gasteiger partial charge in [-0.1, -0.05) is 12.5 Å². The molecule has 0 saturated carbocycles. The Hall–Kier alpha value is -3.48. The van der Waals surface area contributed by atoms with Gasteiger partial charge in [0.05, 0.1) is 0 Å². The van der Waals surface area contributed by atoms with Crippen molar-refractivity contribution in [3.63, 3.8) is 0 Å². The summed E-state index contributed by atoms with van der Waals surface area (Å²) < 4.78 is 2.20. The molecule has 0 fully saturated rings. The Morgan fingerprint density at radius 3 is 2.55 bits per heavy atom. The molecule has 2 amide bonds. The molecule has 0 saturated heterocycles. The minimum atomic E-state index is -0.235. The molecule has 2 heterocycles. The molecule has 148 valence electrons. The molecule has 3 aromatic rings. The maximum atomic E-state index is 12.5. The van der Waals surface area contributed by atoms with Crippen LogP contribution in [0.5, 0.6) is 0 Å². The number of benzene rings is 2. The third-order valence-corrected chi connectivity index (χ3v) is 4.96. The van der Waals surface area contributed by atoms with Crippen molar-refractivity contribution in [1.82, 2.24) is 14.8 Å². The second-order valence-corrected chi connectivity index (χ2v) is 7.20. The van der Waals surface area contributed by atoms with Crippen LogP contribution in [0.4, 0.5) is 11.4 Å². The standard InChI is InChI=1S/C22H23N5O2/c1-15(28)23-19-7-5-6-17(14-19)22(29)24-18-11-9-16(10-12-18)21-26-25-20-8-3-2-4-13-27(20)21/h5-7,9-12,14H,2-4,8,13H2,1H3,(H,23,28)(H,24,29). The lowest BCUT2D eigenvalue weighted by atomic mass is 10.1. The Morgan fingerprint density at radius 1 is 0.931 bits per heavy atom. The molecule has 7 heteroatoms. The smallest absolute Gasteiger partial charge is 0.255 e. The fraction of sp³-hybridized carbons (Fsp3) is 0.273. The van der Waals surface area contributed by atoms with E-state index in [0.717, 1.165) is 43.0 Å². The van der Waals surface area contributed by atoms with Crippen molar-refractivity contribution in [3.05, 3.63) is 59.9 Å². The first kappa shape index (κ1) is 18.9. The van der Waals surface area contributed by atoms with E-state index in [1.807, 2.05) is 24.3 Å². The van der Waals surface area contributed by atoms with E-state index in [1.54, 1.807) is 24.3 Å². The highest BCUT2D eigenvalue weighted by Crippen LogP contribution is 2.24. The fourth-order valence-corrected chi connectivity index (χ4v) is 3.55. The van der Waals surface area contributed by atoms with Crippen molar-refractivity contribution in [2.75, 3.05) is 10.6 Å². The predicted molar refractivity (Wildman–Crippen MR) is 112 cm³/mol. The van der Waals surface area contributed by atoms with Crippen molar-refractivity contribution in [2.45, 2.75) is 39.2 Å². The zero-order valence-corrected chi connectivity index (χ0v) is 16.3. The van der Waals surface area contributed by atoms with E-state index in [0.29, 0.717) is 16.9 Å². The van der Waals surface area contributed by atoms with Crippen LogP contribution in [0.1, 0.15) is 42.4 Å². The van der Waals surface area contributed by atoms with Gasteiger partial charge >= 0.3 is 0 Å². The van der Waals surface area contributed by atoms with E-state index in [2.05, 4.69) is 25.4 Å². The van der Waals surface area contributed by atoms with Gasteiger partial charge in [0, 0.05) is 42.4 Å². The summed E-state index contributed by atoms with van der Waals surface area (Å²) in [5, 5.41) is 14.3. The summed E-state index contributed by atoms with van der Waals surface area (Å²) in [6.45, 7) is 2.38. The number of nitrogens with one attached hydrogen (secondary N) is 2. The fourth-order valence-electron chi connectivity index (χ4n) is 3.55. The van der Waals surface area contributed by atoms with Gasteiger partial charge in [0.15, 0.2) is 5.82 Å². The lowest BCUT2D eigenvalue weighted by Gasteiger charge is -2.09. The Bertz CT molecular complexity index is 1040. The molecule has 4 rings (SSSR count). The number of hydrogen-bond donors (Lipinski definition) is 2. The summed E-state index contributed by atoms with van der Waals surface area (Å²) in [7, 11) is 0. The van der Waals surface area contributed by atoms with Gasteiger partial charge in [0.25, 0.3) is 5.91 Å². The topological polar surface area (TPSA) is 88.9 Å². The van der Waals surface area contributed by atoms with E-state index < -0.39 is 0 Å². The minimum Gasteiger partial charge on any atom is -0.326 e. The molecule has 0 atom stereocenters. The van der Waals surface area contributed by atoms with Gasteiger partial charge in [-0.2, -0.15) is 0 Å². The average molecular weight is 389 g/mol. The molecule has 0 aliphatic carbocycles. The van der Waals surface area contributed by atoms with Crippen LogP contribution in [-0.2, 0) is 17.8 Å². The van der Waals surface area contributed by atoms with Crippen LogP contribution in [0, 0.1) is 0 Å². The van der Waals surface area contributed by atoms with Crippen molar-refractivity contribution in [1.29, 1.82) is 0 Å². The number of carbonyl (C=O) groups excluding carboxylic acids is 2. The van der Waals surface area contributed by atoms with Crippen LogP contribution >= 0.6 is 0 Å². The van der Waals surface area contributed by atoms with Gasteiger partial charge in [-0.05, 0) is 55.3 Å². The number of carbonyl (C=O) groups is 2. The average Bonchev–Trinajstić information content (AvgIpc) is 2.96. The highest BCUT2D eigenvalue weighted by atomic mass is 16.2. The number of anilines is 2. The second kappa shape index (κ2) is 8.26. The number of aromatic nitrogens is 3. The van der Waals surface area contributed by atoms with Gasteiger partial charge < -0.3 is 15.2 Å². The van der Waals surface area contributed by atoms with Crippen molar-refractivity contribution >= 4 is 23.2 Å². The minimum absolute atomic E-state index is 0.176. The largest absolute Gasteiger partial charge is 0.326 e. The van der Waals surface area contributed by atoms with E-state index in [9.17, 15) is 9.59 Å². The van der Waals surface area contributed by atoms with E-state index >= 15 is 0 Å². The molecule has 0 bridgehead atoms. The highest BCUT2D eigenvalue weighted by molar-refractivity contribution is 6.05. The van der Waals surface area contributed by atoms with Gasteiger partial charge in [0.2, 0.25) is 5.91 Å². The predicted octanol–water partition coefficient (Wildman–Crippen LogP) is 3.88. The molecule has 1 aromatic heterocycles. The number of nitrogens with zero attached hydrogens (tertiary/aromatic N) is 3. The van der Waals surface area contributed by atoms with Crippen LogP contribution in [0.3, 0.4) is 0 Å². The summed E-state index contributed by atoms with van der Waals surface area (Å²) in [5.41, 5.74) is 2.74. The molecule has 0 unspecified atom stereocenters. The summed E-state index contributed by atoms with van der Waals surface area (Å²) in [4.78, 5) is 23.7. The van der Waals surface area contributed by atoms with Gasteiger partial charge in [-0.3, -0.25) is 9.59 Å². The molecule has 0 radical (unpaired) electrons. The van der Waals surface area contributed by atoms with Crippen LogP contribution < -0.4 is 10.6 Å². The molecule has 0 spiro atoms. The first-order chi connectivity index (χ1) is 14.1. The summed E-state index contributed by atoms with van der Waals surface area (Å²) in [6.07, 6.45) is 4.49. The van der Waals surface area contributed by atoms with E-state index in [4.69, 9.17) is 0 Å². The Balaban J connectivity index is 1.48. The lowest BCUT2D eigenvalue weighted by Crippen LogP contribution is -2.13. The van der Waals surface area contributed by atoms with Crippen LogP contribution in [0.25, 0.3) is 11.4 Å². The molecule has 2 N–H and O–H groups in total. The third kappa shape index (κ3) is 4.34. The number of amides is 2. The Morgan fingerprint density at radius 2 is 1.76 bits per heavy atom. The molecular weight excluding hydrogens is 366 g/mol. The van der Waals surface area contributed by atoms with Gasteiger partial charge in [0.1, 0.15) is 5.82 Å². The van der Waals surface area contributed by atoms with E-state index in [1.165, 1.54) is 13.3 Å². The van der Waals surface area contributed by atoms with Gasteiger partial charge in [-0.25, -0.2) is 0 Å². The van der Waals surface area contributed by atoms with Crippen molar-refractivity contribution in [3.8, 4) is 11.4 Å². The molecule has 7 nitrogen and oxygen atoms in total. The third-order valence-electron chi connectivity index (χ3n) is 4.96. The maximum absolute atomic E-state index is 12.5. The molecule has 29 heavy (non-hydrogen) atoms. The van der Waals surface area contributed by atoms with Crippen molar-refractivity contribution in [2.24, 2.45) is 0 Å². The maximum Gasteiger partial charge on any atom is 0.255 e. The first-order valence-corrected chi connectivity index (χ1v) is 9.82. The highest BCUT2D eigenvalue weighted by Gasteiger charge is 2.16. The number of rotatable bonds is 4. The lowest BCUT2D eigenvalue weighted by molar-refractivity contribution is -0.114. The Kier molecular flexibility index (Phi) is 5.37. The number of aryl methyl sites for hydroxylation is 1. The number of fused-ring (bicyclic) bond motifs is 1. The van der Waals surface area contributed by atoms with E-state index in [-0.39, 0.29) is 11.8 Å². The van der Waals surface area contributed by atoms with Crippen LogP contribution in [0.2, 0.25) is 0 Å². The summed E-state index contributed by atoms with van der Waals surface area (Å²) >= 11 is 0. The first-order valence-electron chi connectivity index (χ1n) is 9.82.